The van der Waals surface area contributed by atoms with Crippen molar-refractivity contribution in [1.29, 1.82) is 0 Å². The minimum absolute atomic E-state index is 0.247. The van der Waals surface area contributed by atoms with Gasteiger partial charge in [-0.2, -0.15) is 0 Å². The fraction of sp³-hybridized carbons (Fsp3) is 0.304. The van der Waals surface area contributed by atoms with Crippen LogP contribution in [0, 0.1) is 0 Å². The molecule has 2 heterocycles. The molecule has 0 aliphatic carbocycles. The SMILES string of the molecule is COc1cccc(C(=O)Oc2cc3cc(CC4(O)CCN(C)C4=O)ccc3n2C)c1. The third kappa shape index (κ3) is 3.52. The van der Waals surface area contributed by atoms with Crippen molar-refractivity contribution in [2.24, 2.45) is 7.05 Å². The Kier molecular flexibility index (Phi) is 4.99. The van der Waals surface area contributed by atoms with Gasteiger partial charge in [0, 0.05) is 44.9 Å². The Balaban J connectivity index is 1.58. The average molecular weight is 408 g/mol. The fourth-order valence-electron chi connectivity index (χ4n) is 3.90. The number of hydrogen-bond donors (Lipinski definition) is 1. The summed E-state index contributed by atoms with van der Waals surface area (Å²) in [5.74, 6) is 0.263. The van der Waals surface area contributed by atoms with Crippen LogP contribution in [-0.4, -0.2) is 52.8 Å². The summed E-state index contributed by atoms with van der Waals surface area (Å²) in [5, 5.41) is 11.6. The van der Waals surface area contributed by atoms with E-state index < -0.39 is 11.6 Å². The number of amides is 1. The number of benzene rings is 2. The summed E-state index contributed by atoms with van der Waals surface area (Å²) in [6, 6.07) is 14.3. The maximum Gasteiger partial charge on any atom is 0.344 e. The molecule has 0 saturated carbocycles. The average Bonchev–Trinajstić information content (AvgIpc) is 3.18. The zero-order valence-electron chi connectivity index (χ0n) is 17.2. The second kappa shape index (κ2) is 7.50. The molecule has 1 N–H and O–H groups in total. The first-order valence-electron chi connectivity index (χ1n) is 9.73. The quantitative estimate of drug-likeness (QED) is 0.657. The van der Waals surface area contributed by atoms with E-state index in [1.165, 1.54) is 0 Å². The minimum Gasteiger partial charge on any atom is -0.497 e. The second-order valence-corrected chi connectivity index (χ2v) is 7.74. The van der Waals surface area contributed by atoms with Crippen molar-refractivity contribution in [3.63, 3.8) is 0 Å². The van der Waals surface area contributed by atoms with Gasteiger partial charge in [0.05, 0.1) is 18.2 Å². The number of fused-ring (bicyclic) bond motifs is 1. The number of aromatic nitrogens is 1. The normalized spacial score (nSPS) is 18.8. The highest BCUT2D eigenvalue weighted by molar-refractivity contribution is 5.92. The van der Waals surface area contributed by atoms with Crippen molar-refractivity contribution in [3.8, 4) is 11.6 Å². The largest absolute Gasteiger partial charge is 0.497 e. The van der Waals surface area contributed by atoms with Gasteiger partial charge in [0.2, 0.25) is 5.88 Å². The third-order valence-corrected chi connectivity index (χ3v) is 5.67. The fourth-order valence-corrected chi connectivity index (χ4v) is 3.90. The van der Waals surface area contributed by atoms with Gasteiger partial charge in [-0.25, -0.2) is 4.79 Å². The molecule has 1 aliphatic rings. The van der Waals surface area contributed by atoms with Crippen LogP contribution in [0.15, 0.2) is 48.5 Å². The zero-order chi connectivity index (χ0) is 21.5. The molecule has 7 nitrogen and oxygen atoms in total. The Morgan fingerprint density at radius 3 is 2.67 bits per heavy atom. The van der Waals surface area contributed by atoms with Gasteiger partial charge >= 0.3 is 5.97 Å². The summed E-state index contributed by atoms with van der Waals surface area (Å²) in [4.78, 5) is 26.4. The van der Waals surface area contributed by atoms with Gasteiger partial charge in [-0.1, -0.05) is 12.1 Å². The van der Waals surface area contributed by atoms with Crippen molar-refractivity contribution < 1.29 is 24.2 Å². The van der Waals surface area contributed by atoms with Crippen LogP contribution < -0.4 is 9.47 Å². The van der Waals surface area contributed by atoms with Crippen LogP contribution in [0.5, 0.6) is 11.6 Å². The van der Waals surface area contributed by atoms with Crippen molar-refractivity contribution in [3.05, 3.63) is 59.7 Å². The molecule has 4 rings (SSSR count). The van der Waals surface area contributed by atoms with Gasteiger partial charge < -0.3 is 24.0 Å². The van der Waals surface area contributed by atoms with Gasteiger partial charge in [0.15, 0.2) is 0 Å². The molecule has 1 aliphatic heterocycles. The predicted octanol–water partition coefficient (Wildman–Crippen LogP) is 2.54. The van der Waals surface area contributed by atoms with E-state index in [-0.39, 0.29) is 12.3 Å². The molecule has 0 bridgehead atoms. The van der Waals surface area contributed by atoms with E-state index in [1.54, 1.807) is 54.0 Å². The maximum absolute atomic E-state index is 12.6. The molecule has 2 aromatic carbocycles. The first kappa shape index (κ1) is 20.0. The number of carbonyl (C=O) groups excluding carboxylic acids is 2. The molecular weight excluding hydrogens is 384 g/mol. The Bertz CT molecular complexity index is 1140. The molecule has 1 amide bonds. The van der Waals surface area contributed by atoms with Gasteiger partial charge in [0.1, 0.15) is 11.4 Å². The number of rotatable bonds is 5. The van der Waals surface area contributed by atoms with E-state index in [2.05, 4.69) is 0 Å². The lowest BCUT2D eigenvalue weighted by atomic mass is 9.92. The highest BCUT2D eigenvalue weighted by Gasteiger charge is 2.43. The number of ether oxygens (including phenoxy) is 2. The van der Waals surface area contributed by atoms with Crippen LogP contribution in [0.4, 0.5) is 0 Å². The lowest BCUT2D eigenvalue weighted by molar-refractivity contribution is -0.142. The Morgan fingerprint density at radius 2 is 1.97 bits per heavy atom. The van der Waals surface area contributed by atoms with Crippen molar-refractivity contribution >= 4 is 22.8 Å². The van der Waals surface area contributed by atoms with E-state index in [0.29, 0.717) is 30.2 Å². The maximum atomic E-state index is 12.6. The van der Waals surface area contributed by atoms with Crippen LogP contribution >= 0.6 is 0 Å². The number of esters is 1. The van der Waals surface area contributed by atoms with E-state index in [1.807, 2.05) is 25.2 Å². The van der Waals surface area contributed by atoms with Crippen LogP contribution in [-0.2, 0) is 18.3 Å². The van der Waals surface area contributed by atoms with Crippen LogP contribution in [0.3, 0.4) is 0 Å². The molecule has 30 heavy (non-hydrogen) atoms. The second-order valence-electron chi connectivity index (χ2n) is 7.74. The summed E-state index contributed by atoms with van der Waals surface area (Å²) in [5.41, 5.74) is 0.768. The molecule has 0 spiro atoms. The minimum atomic E-state index is -1.36. The number of likely N-dealkylation sites (N-methyl/N-ethyl adjacent to an activating group) is 1. The molecule has 1 atom stereocenters. The molecule has 156 valence electrons. The molecule has 0 radical (unpaired) electrons. The lowest BCUT2D eigenvalue weighted by Gasteiger charge is -2.20. The zero-order valence-corrected chi connectivity index (χ0v) is 17.2. The topological polar surface area (TPSA) is 81.0 Å². The van der Waals surface area contributed by atoms with Crippen molar-refractivity contribution in [2.75, 3.05) is 20.7 Å². The molecule has 3 aromatic rings. The highest BCUT2D eigenvalue weighted by atomic mass is 16.5. The first-order chi connectivity index (χ1) is 14.3. The standard InChI is InChI=1S/C23H24N2O5/c1-24-10-9-23(28,22(24)27)14-15-7-8-19-17(11-15)13-20(25(19)2)30-21(26)16-5-4-6-18(12-16)29-3/h4-8,11-13,28H,9-10,14H2,1-3H3. The summed E-state index contributed by atoms with van der Waals surface area (Å²) in [6.45, 7) is 0.549. The summed E-state index contributed by atoms with van der Waals surface area (Å²) in [6.07, 6.45) is 0.665. The summed E-state index contributed by atoms with van der Waals surface area (Å²) < 4.78 is 12.5. The molecular formula is C23H24N2O5. The van der Waals surface area contributed by atoms with E-state index >= 15 is 0 Å². The van der Waals surface area contributed by atoms with Crippen molar-refractivity contribution in [2.45, 2.75) is 18.4 Å². The van der Waals surface area contributed by atoms with Crippen LogP contribution in [0.1, 0.15) is 22.3 Å². The van der Waals surface area contributed by atoms with Gasteiger partial charge in [0.25, 0.3) is 5.91 Å². The van der Waals surface area contributed by atoms with Gasteiger partial charge in [-0.15, -0.1) is 0 Å². The number of carbonyl (C=O) groups is 2. The predicted molar refractivity (Wildman–Crippen MR) is 112 cm³/mol. The molecule has 1 saturated heterocycles. The van der Waals surface area contributed by atoms with Gasteiger partial charge in [-0.05, 0) is 35.9 Å². The Hall–Kier alpha value is -3.32. The molecule has 1 aromatic heterocycles. The highest BCUT2D eigenvalue weighted by Crippen LogP contribution is 2.30. The molecule has 1 fully saturated rings. The van der Waals surface area contributed by atoms with E-state index in [4.69, 9.17) is 9.47 Å². The number of aliphatic hydroxyl groups is 1. The number of aryl methyl sites for hydroxylation is 1. The van der Waals surface area contributed by atoms with E-state index in [9.17, 15) is 14.7 Å². The summed E-state index contributed by atoms with van der Waals surface area (Å²) in [7, 11) is 5.06. The third-order valence-electron chi connectivity index (χ3n) is 5.67. The van der Waals surface area contributed by atoms with Crippen LogP contribution in [0.25, 0.3) is 10.9 Å². The Labute approximate surface area is 174 Å². The smallest absolute Gasteiger partial charge is 0.344 e. The molecule has 7 heteroatoms. The van der Waals surface area contributed by atoms with Crippen LogP contribution in [0.2, 0.25) is 0 Å². The number of nitrogens with zero attached hydrogens (tertiary/aromatic N) is 2. The molecule has 1 unspecified atom stereocenters. The number of likely N-dealkylation sites (tertiary alicyclic amines) is 1. The monoisotopic (exact) mass is 408 g/mol. The Morgan fingerprint density at radius 1 is 1.17 bits per heavy atom. The lowest BCUT2D eigenvalue weighted by Crippen LogP contribution is -2.40. The number of hydrogen-bond acceptors (Lipinski definition) is 5. The van der Waals surface area contributed by atoms with Gasteiger partial charge in [-0.3, -0.25) is 4.79 Å². The number of methoxy groups -OCH3 is 1. The van der Waals surface area contributed by atoms with E-state index in [0.717, 1.165) is 16.5 Å². The summed E-state index contributed by atoms with van der Waals surface area (Å²) >= 11 is 0. The van der Waals surface area contributed by atoms with Crippen molar-refractivity contribution in [1.82, 2.24) is 9.47 Å². The first-order valence-corrected chi connectivity index (χ1v) is 9.73.